The van der Waals surface area contributed by atoms with Crippen LogP contribution in [-0.2, 0) is 11.2 Å². The van der Waals surface area contributed by atoms with E-state index in [2.05, 4.69) is 10.6 Å². The highest BCUT2D eigenvalue weighted by Crippen LogP contribution is 2.36. The summed E-state index contributed by atoms with van der Waals surface area (Å²) < 4.78 is 17.5. The van der Waals surface area contributed by atoms with Gasteiger partial charge < -0.3 is 35.1 Å². The van der Waals surface area contributed by atoms with Gasteiger partial charge in [-0.3, -0.25) is 9.59 Å². The summed E-state index contributed by atoms with van der Waals surface area (Å²) in [5.41, 5.74) is 1.95. The highest BCUT2D eigenvalue weighted by atomic mass is 127. The van der Waals surface area contributed by atoms with Crippen LogP contribution in [0, 0.1) is 3.57 Å². The predicted octanol–water partition coefficient (Wildman–Crippen LogP) is 1.87. The van der Waals surface area contributed by atoms with Crippen molar-refractivity contribution in [2.24, 2.45) is 0 Å². The smallest absolute Gasteiger partial charge is 0.247 e. The molecule has 2 aromatic rings. The van der Waals surface area contributed by atoms with Gasteiger partial charge in [0.05, 0.1) is 24.4 Å². The van der Waals surface area contributed by atoms with Gasteiger partial charge in [-0.15, -0.1) is 0 Å². The third-order valence-corrected chi connectivity index (χ3v) is 6.64. The number of carbonyl (C=O) groups excluding carboxylic acids is 2. The molecule has 0 fully saturated rings. The molecule has 36 heavy (non-hydrogen) atoms. The summed E-state index contributed by atoms with van der Waals surface area (Å²) in [5.74, 6) is 1.16. The predicted molar refractivity (Wildman–Crippen MR) is 143 cm³/mol. The molecule has 10 heteroatoms. The van der Waals surface area contributed by atoms with E-state index in [9.17, 15) is 14.7 Å². The van der Waals surface area contributed by atoms with E-state index in [1.54, 1.807) is 25.3 Å². The summed E-state index contributed by atoms with van der Waals surface area (Å²) in [7, 11) is 3.09. The van der Waals surface area contributed by atoms with Crippen molar-refractivity contribution in [2.45, 2.75) is 31.1 Å². The van der Waals surface area contributed by atoms with Gasteiger partial charge >= 0.3 is 0 Å². The first-order chi connectivity index (χ1) is 17.4. The lowest BCUT2D eigenvalue weighted by molar-refractivity contribution is -0.118. The lowest BCUT2D eigenvalue weighted by Crippen LogP contribution is -2.52. The van der Waals surface area contributed by atoms with E-state index in [-0.39, 0.29) is 25.5 Å². The van der Waals surface area contributed by atoms with Crippen LogP contribution < -0.4 is 24.8 Å². The molecule has 0 aromatic heterocycles. The van der Waals surface area contributed by atoms with Crippen molar-refractivity contribution in [3.05, 3.63) is 62.7 Å². The van der Waals surface area contributed by atoms with Crippen LogP contribution >= 0.6 is 22.6 Å². The number of hydrogen-bond donors (Lipinski definition) is 4. The van der Waals surface area contributed by atoms with Crippen molar-refractivity contribution in [1.29, 1.82) is 0 Å². The largest absolute Gasteiger partial charge is 0.497 e. The number of ether oxygens (including phenoxy) is 3. The fourth-order valence-corrected chi connectivity index (χ4v) is 4.74. The third kappa shape index (κ3) is 7.19. The normalized spacial score (nSPS) is 19.2. The van der Waals surface area contributed by atoms with Gasteiger partial charge in [0.1, 0.15) is 24.2 Å². The maximum absolute atomic E-state index is 12.7. The summed E-state index contributed by atoms with van der Waals surface area (Å²) in [4.78, 5) is 24.0. The Kier molecular flexibility index (Phi) is 10.5. The van der Waals surface area contributed by atoms with Gasteiger partial charge in [-0.05, 0) is 77.9 Å². The minimum atomic E-state index is -0.962. The first-order valence-corrected chi connectivity index (χ1v) is 12.6. The molecule has 9 nitrogen and oxygen atoms in total. The van der Waals surface area contributed by atoms with Crippen molar-refractivity contribution >= 4 is 34.8 Å². The molecule has 0 spiro atoms. The second-order valence-electron chi connectivity index (χ2n) is 8.26. The zero-order valence-electron chi connectivity index (χ0n) is 20.2. The number of carbonyl (C=O) groups is 2. The fraction of sp³-hybridized carbons (Fsp3) is 0.385. The molecule has 194 valence electrons. The highest BCUT2D eigenvalue weighted by molar-refractivity contribution is 14.1. The Balaban J connectivity index is 1.80. The Morgan fingerprint density at radius 2 is 2.00 bits per heavy atom. The number of amides is 1. The molecular weight excluding hydrogens is 579 g/mol. The molecule has 0 radical (unpaired) electrons. The molecule has 3 rings (SSSR count). The molecule has 0 saturated carbocycles. The number of rotatable bonds is 12. The quantitative estimate of drug-likeness (QED) is 0.212. The molecule has 1 aliphatic carbocycles. The number of hydrogen-bond acceptors (Lipinski definition) is 8. The van der Waals surface area contributed by atoms with Crippen LogP contribution in [-0.4, -0.2) is 74.6 Å². The molecule has 0 unspecified atom stereocenters. The molecule has 0 saturated heterocycles. The van der Waals surface area contributed by atoms with E-state index < -0.39 is 18.2 Å². The summed E-state index contributed by atoms with van der Waals surface area (Å²) in [6.07, 6.45) is 1.48. The van der Waals surface area contributed by atoms with Crippen molar-refractivity contribution in [1.82, 2.24) is 10.6 Å². The molecule has 1 amide bonds. The minimum Gasteiger partial charge on any atom is -0.497 e. The van der Waals surface area contributed by atoms with Crippen molar-refractivity contribution in [3.8, 4) is 17.2 Å². The lowest BCUT2D eigenvalue weighted by atomic mass is 9.89. The van der Waals surface area contributed by atoms with Gasteiger partial charge in [-0.25, -0.2) is 0 Å². The molecular formula is C26H31IN2O7. The van der Waals surface area contributed by atoms with Gasteiger partial charge in [0.25, 0.3) is 0 Å². The van der Waals surface area contributed by atoms with Gasteiger partial charge in [-0.1, -0.05) is 12.1 Å². The Hall–Kier alpha value is -2.67. The number of halogens is 1. The van der Waals surface area contributed by atoms with Gasteiger partial charge in [-0.2, -0.15) is 0 Å². The summed E-state index contributed by atoms with van der Waals surface area (Å²) in [5, 5.41) is 26.3. The monoisotopic (exact) mass is 610 g/mol. The Morgan fingerprint density at radius 1 is 1.19 bits per heavy atom. The molecule has 0 aliphatic heterocycles. The Labute approximate surface area is 224 Å². The molecule has 3 atom stereocenters. The first-order valence-electron chi connectivity index (χ1n) is 11.5. The lowest BCUT2D eigenvalue weighted by Gasteiger charge is -2.34. The molecule has 0 heterocycles. The highest BCUT2D eigenvalue weighted by Gasteiger charge is 2.36. The Bertz CT molecular complexity index is 1090. The van der Waals surface area contributed by atoms with Crippen LogP contribution in [0.15, 0.2) is 48.0 Å². The number of nitrogens with one attached hydrogen (secondary N) is 2. The molecule has 0 bridgehead atoms. The first kappa shape index (κ1) is 27.9. The van der Waals surface area contributed by atoms with E-state index in [0.717, 1.165) is 17.6 Å². The average molecular weight is 610 g/mol. The molecule has 4 N–H and O–H groups in total. The van der Waals surface area contributed by atoms with E-state index in [4.69, 9.17) is 19.3 Å². The fourth-order valence-electron chi connectivity index (χ4n) is 3.99. The van der Waals surface area contributed by atoms with Crippen LogP contribution in [0.2, 0.25) is 0 Å². The van der Waals surface area contributed by atoms with Gasteiger partial charge in [0.15, 0.2) is 11.5 Å². The molecule has 2 aromatic carbocycles. The van der Waals surface area contributed by atoms with Crippen LogP contribution in [0.25, 0.3) is 0 Å². The number of aliphatic hydroxyl groups excluding tert-OH is 2. The standard InChI is InChI=1S/C26H31IN2O7/c1-34-19-5-3-4-16(10-19)6-7-28-21-13-18(26(33)29-8-9-30)14-22(24(21)32)36-25-20(27)11-17(15-31)12-23(25)35-2/h3-5,10-12,14-15,21-22,24,28,30,32H,6-9,13H2,1-2H3,(H,29,33)/t21-,22+,24+/m1/s1. The van der Waals surface area contributed by atoms with Gasteiger partial charge in [0.2, 0.25) is 5.91 Å². The number of aldehydes is 1. The molecule has 1 aliphatic rings. The summed E-state index contributed by atoms with van der Waals surface area (Å²) >= 11 is 2.04. The van der Waals surface area contributed by atoms with Crippen molar-refractivity contribution < 1.29 is 34.0 Å². The van der Waals surface area contributed by atoms with Crippen LogP contribution in [0.1, 0.15) is 22.3 Å². The summed E-state index contributed by atoms with van der Waals surface area (Å²) in [6, 6.07) is 10.5. The third-order valence-electron chi connectivity index (χ3n) is 5.84. The SMILES string of the molecule is COc1cccc(CCN[C@@H]2CC(C(=O)NCCO)=C[C@H](Oc3c(I)cc(C=O)cc3OC)[C@H]2O)c1. The topological polar surface area (TPSA) is 126 Å². The van der Waals surface area contributed by atoms with E-state index in [1.807, 2.05) is 46.9 Å². The van der Waals surface area contributed by atoms with Crippen molar-refractivity contribution in [2.75, 3.05) is 33.9 Å². The van der Waals surface area contributed by atoms with Crippen molar-refractivity contribution in [3.63, 3.8) is 0 Å². The zero-order chi connectivity index (χ0) is 26.1. The van der Waals surface area contributed by atoms with E-state index in [1.165, 1.54) is 7.11 Å². The van der Waals surface area contributed by atoms with Crippen LogP contribution in [0.5, 0.6) is 17.2 Å². The van der Waals surface area contributed by atoms with Crippen LogP contribution in [0.4, 0.5) is 0 Å². The Morgan fingerprint density at radius 3 is 2.69 bits per heavy atom. The maximum atomic E-state index is 12.7. The minimum absolute atomic E-state index is 0.122. The van der Waals surface area contributed by atoms with E-state index in [0.29, 0.717) is 39.2 Å². The van der Waals surface area contributed by atoms with E-state index >= 15 is 0 Å². The average Bonchev–Trinajstić information content (AvgIpc) is 2.89. The van der Waals surface area contributed by atoms with Gasteiger partial charge in [0, 0.05) is 23.7 Å². The number of benzene rings is 2. The second kappa shape index (κ2) is 13.6. The number of aliphatic hydroxyl groups is 2. The summed E-state index contributed by atoms with van der Waals surface area (Å²) in [6.45, 7) is 0.501. The maximum Gasteiger partial charge on any atom is 0.247 e. The number of methoxy groups -OCH3 is 2. The van der Waals surface area contributed by atoms with Crippen LogP contribution in [0.3, 0.4) is 0 Å². The second-order valence-corrected chi connectivity index (χ2v) is 9.42. The zero-order valence-corrected chi connectivity index (χ0v) is 22.4.